The zero-order valence-electron chi connectivity index (χ0n) is 23.1. The van der Waals surface area contributed by atoms with Crippen LogP contribution in [0.25, 0.3) is 11.1 Å². The molecule has 0 aliphatic carbocycles. The molecule has 2 fully saturated rings. The molecule has 2 aromatic rings. The van der Waals surface area contributed by atoms with Crippen LogP contribution in [0, 0.1) is 23.1 Å². The first-order valence-electron chi connectivity index (χ1n) is 13.5. The topological polar surface area (TPSA) is 120 Å². The molecule has 2 aliphatic heterocycles. The van der Waals surface area contributed by atoms with Crippen LogP contribution in [-0.4, -0.2) is 76.8 Å². The molecule has 0 aromatic heterocycles. The van der Waals surface area contributed by atoms with E-state index in [1.807, 2.05) is 0 Å². The van der Waals surface area contributed by atoms with Crippen molar-refractivity contribution in [3.63, 3.8) is 0 Å². The lowest BCUT2D eigenvalue weighted by atomic mass is 9.95. The van der Waals surface area contributed by atoms with E-state index in [0.29, 0.717) is 41.5 Å². The zero-order chi connectivity index (χ0) is 29.2. The lowest BCUT2D eigenvalue weighted by molar-refractivity contribution is -0.126. The van der Waals surface area contributed by atoms with E-state index in [0.717, 1.165) is 30.8 Å². The first-order valence-corrected chi connectivity index (χ1v) is 13.5. The highest BCUT2D eigenvalue weighted by Crippen LogP contribution is 2.33. The Morgan fingerprint density at radius 1 is 1.23 bits per heavy atom. The molecule has 0 saturated carbocycles. The van der Waals surface area contributed by atoms with Crippen LogP contribution in [0.4, 0.5) is 8.78 Å². The lowest BCUT2D eigenvalue weighted by Crippen LogP contribution is -2.54. The monoisotopic (exact) mass is 554 g/mol. The van der Waals surface area contributed by atoms with Crippen molar-refractivity contribution >= 4 is 11.8 Å². The van der Waals surface area contributed by atoms with Gasteiger partial charge in [0.25, 0.3) is 5.91 Å². The summed E-state index contributed by atoms with van der Waals surface area (Å²) in [4.78, 5) is 28.3. The molecule has 0 unspecified atom stereocenters. The first kappa shape index (κ1) is 29.4. The second-order valence-electron chi connectivity index (χ2n) is 11.7. The Bertz CT molecular complexity index is 1310. The summed E-state index contributed by atoms with van der Waals surface area (Å²) >= 11 is 0. The largest absolute Gasteiger partial charge is 0.493 e. The Balaban J connectivity index is 1.43. The Morgan fingerprint density at radius 3 is 2.52 bits per heavy atom. The number of nitrogens with zero attached hydrogens (tertiary/aromatic N) is 3. The Labute approximate surface area is 233 Å². The van der Waals surface area contributed by atoms with E-state index < -0.39 is 34.9 Å². The summed E-state index contributed by atoms with van der Waals surface area (Å²) in [6.45, 7) is 7.02. The molecule has 2 aromatic carbocycles. The number of ether oxygens (including phenoxy) is 1. The molecule has 2 amide bonds. The van der Waals surface area contributed by atoms with E-state index in [9.17, 15) is 24.3 Å². The number of hydrogen-bond donors (Lipinski definition) is 2. The van der Waals surface area contributed by atoms with Gasteiger partial charge in [-0.05, 0) is 94.1 Å². The van der Waals surface area contributed by atoms with Gasteiger partial charge in [-0.15, -0.1) is 0 Å². The van der Waals surface area contributed by atoms with E-state index >= 15 is 4.39 Å². The van der Waals surface area contributed by atoms with E-state index in [1.165, 1.54) is 25.1 Å². The highest BCUT2D eigenvalue weighted by molar-refractivity contribution is 6.00. The second-order valence-corrected chi connectivity index (χ2v) is 11.7. The molecular formula is C30H36F2N4O4. The van der Waals surface area contributed by atoms with Crippen molar-refractivity contribution in [3.05, 3.63) is 53.3 Å². The number of nitrogens with two attached hydrogens (primary N) is 1. The van der Waals surface area contributed by atoms with Gasteiger partial charge in [-0.1, -0.05) is 6.07 Å². The zero-order valence-corrected chi connectivity index (χ0v) is 23.1. The van der Waals surface area contributed by atoms with Crippen LogP contribution in [0.2, 0.25) is 0 Å². The number of carbonyl (C=O) groups excluding carboxylic acids is 2. The number of piperidine rings is 1. The number of halogens is 2. The third kappa shape index (κ3) is 6.43. The predicted octanol–water partition coefficient (Wildman–Crippen LogP) is 3.65. The summed E-state index contributed by atoms with van der Waals surface area (Å²) in [6, 6.07) is 11.1. The molecule has 0 bridgehead atoms. The van der Waals surface area contributed by atoms with E-state index in [-0.39, 0.29) is 18.5 Å². The van der Waals surface area contributed by atoms with Gasteiger partial charge in [0, 0.05) is 19.5 Å². The van der Waals surface area contributed by atoms with Crippen molar-refractivity contribution in [2.45, 2.75) is 57.3 Å². The maximum absolute atomic E-state index is 15.2. The molecular weight excluding hydrogens is 518 g/mol. The minimum absolute atomic E-state index is 0.0234. The van der Waals surface area contributed by atoms with Gasteiger partial charge in [-0.2, -0.15) is 5.26 Å². The summed E-state index contributed by atoms with van der Waals surface area (Å²) in [5.41, 5.74) is 3.75. The highest BCUT2D eigenvalue weighted by atomic mass is 19.1. The summed E-state index contributed by atoms with van der Waals surface area (Å²) in [6.07, 6.45) is 0.839. The maximum atomic E-state index is 15.2. The standard InChI is InChI=1S/C30H36F2N4O4/c1-29(2,32)18-35-10-8-19(9-11-35)17-40-23-5-7-24(21(12-23)15-33)20-4-6-25(26(31)13-20)27(38)36-16-22(37)14-30(36,3)28(34)39/h4-7,12-13,19,22,37H,8-11,14,16-18H2,1-3H3,(H2,34,39)/t22-,30+/m1/s1. The number of aliphatic hydroxyl groups is 1. The van der Waals surface area contributed by atoms with Crippen molar-refractivity contribution in [3.8, 4) is 22.9 Å². The molecule has 2 saturated heterocycles. The van der Waals surface area contributed by atoms with E-state index in [4.69, 9.17) is 10.5 Å². The van der Waals surface area contributed by atoms with E-state index in [2.05, 4.69) is 11.0 Å². The van der Waals surface area contributed by atoms with Crippen molar-refractivity contribution in [2.75, 3.05) is 32.8 Å². The SMILES string of the molecule is CC(C)(F)CN1CCC(COc2ccc(-c3ccc(C(=O)N4C[C@H](O)C[C@@]4(C)C(N)=O)c(F)c3)c(C#N)c2)CC1. The predicted molar refractivity (Wildman–Crippen MR) is 146 cm³/mol. The molecule has 10 heteroatoms. The van der Waals surface area contributed by atoms with Gasteiger partial charge in [-0.3, -0.25) is 9.59 Å². The van der Waals surface area contributed by atoms with Crippen LogP contribution in [0.15, 0.2) is 36.4 Å². The summed E-state index contributed by atoms with van der Waals surface area (Å²) in [5, 5.41) is 19.8. The average molecular weight is 555 g/mol. The third-order valence-electron chi connectivity index (χ3n) is 7.81. The fraction of sp³-hybridized carbons (Fsp3) is 0.500. The van der Waals surface area contributed by atoms with Gasteiger partial charge in [0.1, 0.15) is 22.8 Å². The van der Waals surface area contributed by atoms with Gasteiger partial charge < -0.3 is 25.4 Å². The Hall–Kier alpha value is -3.55. The van der Waals surface area contributed by atoms with Gasteiger partial charge in [-0.25, -0.2) is 8.78 Å². The van der Waals surface area contributed by atoms with Gasteiger partial charge >= 0.3 is 0 Å². The number of carbonyl (C=O) groups is 2. The lowest BCUT2D eigenvalue weighted by Gasteiger charge is -2.34. The van der Waals surface area contributed by atoms with E-state index in [1.54, 1.807) is 32.0 Å². The van der Waals surface area contributed by atoms with Gasteiger partial charge in [0.05, 0.1) is 29.9 Å². The fourth-order valence-electron chi connectivity index (χ4n) is 5.60. The van der Waals surface area contributed by atoms with Crippen LogP contribution in [-0.2, 0) is 4.79 Å². The maximum Gasteiger partial charge on any atom is 0.257 e. The normalized spacial score (nSPS) is 22.2. The minimum atomic E-state index is -1.42. The summed E-state index contributed by atoms with van der Waals surface area (Å²) < 4.78 is 35.1. The summed E-state index contributed by atoms with van der Waals surface area (Å²) in [5.74, 6) is -1.48. The number of benzene rings is 2. The molecule has 4 rings (SSSR count). The Morgan fingerprint density at radius 2 is 1.93 bits per heavy atom. The second kappa shape index (κ2) is 11.5. The van der Waals surface area contributed by atoms with Crippen LogP contribution >= 0.6 is 0 Å². The van der Waals surface area contributed by atoms with Crippen molar-refractivity contribution < 1.29 is 28.2 Å². The van der Waals surface area contributed by atoms with Crippen molar-refractivity contribution in [1.82, 2.24) is 9.80 Å². The number of aliphatic hydroxyl groups excluding tert-OH is 1. The molecule has 214 valence electrons. The average Bonchev–Trinajstić information content (AvgIpc) is 3.22. The molecule has 2 atom stereocenters. The molecule has 2 heterocycles. The van der Waals surface area contributed by atoms with Crippen molar-refractivity contribution in [2.24, 2.45) is 11.7 Å². The molecule has 2 aliphatic rings. The van der Waals surface area contributed by atoms with Gasteiger partial charge in [0.15, 0.2) is 0 Å². The first-order chi connectivity index (χ1) is 18.8. The minimum Gasteiger partial charge on any atom is -0.493 e. The molecule has 3 N–H and O–H groups in total. The molecule has 0 radical (unpaired) electrons. The number of alkyl halides is 1. The Kier molecular flexibility index (Phi) is 8.47. The number of β-amino-alcohol motifs (C(OH)–C–C–N with tert-alkyl or cyclic N) is 1. The van der Waals surface area contributed by atoms with Crippen LogP contribution in [0.3, 0.4) is 0 Å². The van der Waals surface area contributed by atoms with Crippen LogP contribution in [0.5, 0.6) is 5.75 Å². The van der Waals surface area contributed by atoms with Crippen LogP contribution in [0.1, 0.15) is 56.0 Å². The van der Waals surface area contributed by atoms with Gasteiger partial charge in [0.2, 0.25) is 5.91 Å². The number of nitriles is 1. The van der Waals surface area contributed by atoms with Crippen molar-refractivity contribution in [1.29, 1.82) is 5.26 Å². The number of rotatable bonds is 8. The smallest absolute Gasteiger partial charge is 0.257 e. The quantitative estimate of drug-likeness (QED) is 0.514. The number of likely N-dealkylation sites (tertiary alicyclic amines) is 2. The summed E-state index contributed by atoms with van der Waals surface area (Å²) in [7, 11) is 0. The number of hydrogen-bond acceptors (Lipinski definition) is 6. The molecule has 40 heavy (non-hydrogen) atoms. The third-order valence-corrected chi connectivity index (χ3v) is 7.81. The number of amides is 2. The fourth-order valence-corrected chi connectivity index (χ4v) is 5.60. The number of primary amides is 1. The highest BCUT2D eigenvalue weighted by Gasteiger charge is 2.49. The van der Waals surface area contributed by atoms with Crippen LogP contribution < -0.4 is 10.5 Å². The molecule has 8 nitrogen and oxygen atoms in total. The molecule has 0 spiro atoms.